The molecule has 6 heteroatoms. The number of hydrogen-bond acceptors (Lipinski definition) is 5. The first-order chi connectivity index (χ1) is 10.2. The fourth-order valence-corrected chi connectivity index (χ4v) is 3.46. The molecule has 1 amide bonds. The van der Waals surface area contributed by atoms with E-state index in [1.807, 2.05) is 17.5 Å². The minimum atomic E-state index is -0.297. The first-order valence-electron chi connectivity index (χ1n) is 6.89. The molecule has 1 saturated carbocycles. The van der Waals surface area contributed by atoms with Crippen molar-refractivity contribution in [1.82, 2.24) is 5.32 Å². The van der Waals surface area contributed by atoms with Crippen molar-refractivity contribution in [3.05, 3.63) is 46.0 Å². The van der Waals surface area contributed by atoms with E-state index in [4.69, 9.17) is 9.52 Å². The van der Waals surface area contributed by atoms with Gasteiger partial charge in [-0.1, -0.05) is 6.07 Å². The van der Waals surface area contributed by atoms with Gasteiger partial charge >= 0.3 is 0 Å². The molecule has 0 saturated heterocycles. The second-order valence-corrected chi connectivity index (χ2v) is 6.26. The molecule has 1 atom stereocenters. The van der Waals surface area contributed by atoms with Gasteiger partial charge in [-0.3, -0.25) is 4.79 Å². The van der Waals surface area contributed by atoms with Crippen molar-refractivity contribution in [3.63, 3.8) is 0 Å². The Balaban J connectivity index is 1.73. The summed E-state index contributed by atoms with van der Waals surface area (Å²) in [4.78, 5) is 13.3. The lowest BCUT2D eigenvalue weighted by Gasteiger charge is -2.37. The first kappa shape index (κ1) is 14.3. The average molecular weight is 307 g/mol. The van der Waals surface area contributed by atoms with Crippen molar-refractivity contribution in [1.29, 1.82) is 0 Å². The molecule has 0 spiro atoms. The quantitative estimate of drug-likeness (QED) is 0.790. The van der Waals surface area contributed by atoms with Gasteiger partial charge in [-0.2, -0.15) is 0 Å². The predicted molar refractivity (Wildman–Crippen MR) is 77.9 cm³/mol. The van der Waals surface area contributed by atoms with Crippen LogP contribution in [0.1, 0.15) is 40.1 Å². The molecule has 1 fully saturated rings. The van der Waals surface area contributed by atoms with Gasteiger partial charge in [-0.15, -0.1) is 11.3 Å². The van der Waals surface area contributed by atoms with E-state index >= 15 is 0 Å². The van der Waals surface area contributed by atoms with Crippen molar-refractivity contribution >= 4 is 17.2 Å². The Morgan fingerprint density at radius 2 is 2.24 bits per heavy atom. The summed E-state index contributed by atoms with van der Waals surface area (Å²) >= 11 is 1.59. The van der Waals surface area contributed by atoms with Gasteiger partial charge in [0.25, 0.3) is 5.91 Å². The fraction of sp³-hybridized carbons (Fsp3) is 0.400. The smallest absolute Gasteiger partial charge is 0.287 e. The minimum absolute atomic E-state index is 0.108. The van der Waals surface area contributed by atoms with Crippen LogP contribution in [-0.2, 0) is 6.61 Å². The lowest BCUT2D eigenvalue weighted by atomic mass is 9.76. The van der Waals surface area contributed by atoms with Crippen molar-refractivity contribution in [2.45, 2.75) is 31.6 Å². The molecule has 21 heavy (non-hydrogen) atoms. The van der Waals surface area contributed by atoms with Gasteiger partial charge in [0.2, 0.25) is 0 Å². The van der Waals surface area contributed by atoms with Crippen LogP contribution in [-0.4, -0.2) is 22.2 Å². The molecule has 2 heterocycles. The van der Waals surface area contributed by atoms with E-state index in [0.717, 1.165) is 4.88 Å². The van der Waals surface area contributed by atoms with Crippen LogP contribution < -0.4 is 5.32 Å². The second-order valence-electron chi connectivity index (χ2n) is 5.28. The van der Waals surface area contributed by atoms with Crippen LogP contribution in [0.5, 0.6) is 0 Å². The summed E-state index contributed by atoms with van der Waals surface area (Å²) in [7, 11) is 0. The summed E-state index contributed by atoms with van der Waals surface area (Å²) in [6.45, 7) is -0.226. The van der Waals surface area contributed by atoms with E-state index in [0.29, 0.717) is 18.6 Å². The Labute approximate surface area is 126 Å². The number of furan rings is 1. The normalized spacial score (nSPS) is 22.6. The van der Waals surface area contributed by atoms with Gasteiger partial charge in [0, 0.05) is 4.88 Å². The molecule has 3 N–H and O–H groups in total. The number of rotatable bonds is 5. The molecule has 0 aromatic carbocycles. The number of aliphatic hydroxyl groups excluding tert-OH is 2. The van der Waals surface area contributed by atoms with Crippen molar-refractivity contribution in [3.8, 4) is 0 Å². The Morgan fingerprint density at radius 1 is 1.43 bits per heavy atom. The summed E-state index contributed by atoms with van der Waals surface area (Å²) in [6.07, 6.45) is 1.13. The highest BCUT2D eigenvalue weighted by atomic mass is 32.1. The summed E-state index contributed by atoms with van der Waals surface area (Å²) in [6, 6.07) is 6.97. The molecule has 1 aliphatic rings. The van der Waals surface area contributed by atoms with E-state index in [1.54, 1.807) is 23.5 Å². The van der Waals surface area contributed by atoms with Crippen LogP contribution in [0.2, 0.25) is 0 Å². The third-order valence-corrected chi connectivity index (χ3v) is 4.75. The third-order valence-electron chi connectivity index (χ3n) is 3.80. The average Bonchev–Trinajstić information content (AvgIpc) is 3.11. The number of carbonyl (C=O) groups excluding carboxylic acids is 1. The molecular weight excluding hydrogens is 290 g/mol. The topological polar surface area (TPSA) is 82.7 Å². The summed E-state index contributed by atoms with van der Waals surface area (Å²) in [5.74, 6) is 0.511. The van der Waals surface area contributed by atoms with Crippen LogP contribution >= 0.6 is 11.3 Å². The number of hydrogen-bond donors (Lipinski definition) is 3. The van der Waals surface area contributed by atoms with Crippen LogP contribution in [0.4, 0.5) is 0 Å². The fourth-order valence-electron chi connectivity index (χ4n) is 2.59. The monoisotopic (exact) mass is 307 g/mol. The van der Waals surface area contributed by atoms with Gasteiger partial charge in [-0.05, 0) is 42.3 Å². The number of amides is 1. The number of aliphatic hydroxyl groups is 2. The summed E-state index contributed by atoms with van der Waals surface area (Å²) < 4.78 is 5.26. The highest BCUT2D eigenvalue weighted by Gasteiger charge is 2.36. The maximum absolute atomic E-state index is 12.3. The molecule has 0 unspecified atom stereocenters. The Morgan fingerprint density at radius 3 is 2.81 bits per heavy atom. The standard InChI is InChI=1S/C15H17NO4S/c17-8-11-3-4-12(20-11)15(19)16-14(9-6-10(18)7-9)13-2-1-5-21-13/h1-5,9-10,14,17-18H,6-8H2,(H,16,19)/t9?,10?,14-/m1/s1. The SMILES string of the molecule is O=C(N[C@@H](c1cccs1)C1CC(O)C1)c1ccc(CO)o1. The number of nitrogens with one attached hydrogen (secondary N) is 1. The zero-order valence-electron chi connectivity index (χ0n) is 11.4. The zero-order valence-corrected chi connectivity index (χ0v) is 12.2. The molecule has 112 valence electrons. The Hall–Kier alpha value is -1.63. The van der Waals surface area contributed by atoms with E-state index < -0.39 is 0 Å². The number of thiophene rings is 1. The highest BCUT2D eigenvalue weighted by molar-refractivity contribution is 7.10. The second kappa shape index (κ2) is 6.01. The summed E-state index contributed by atoms with van der Waals surface area (Å²) in [5.41, 5.74) is 0. The van der Waals surface area contributed by atoms with Gasteiger partial charge < -0.3 is 19.9 Å². The molecule has 1 aliphatic carbocycles. The lowest BCUT2D eigenvalue weighted by molar-refractivity contribution is 0.0238. The van der Waals surface area contributed by atoms with Crippen LogP contribution in [0.15, 0.2) is 34.1 Å². The molecule has 0 radical (unpaired) electrons. The Bertz CT molecular complexity index is 601. The van der Waals surface area contributed by atoms with E-state index in [-0.39, 0.29) is 36.3 Å². The number of carbonyl (C=O) groups is 1. The minimum Gasteiger partial charge on any atom is -0.453 e. The van der Waals surface area contributed by atoms with Crippen LogP contribution in [0.25, 0.3) is 0 Å². The molecule has 3 rings (SSSR count). The largest absolute Gasteiger partial charge is 0.453 e. The Kier molecular flexibility index (Phi) is 4.10. The van der Waals surface area contributed by atoms with Crippen molar-refractivity contribution in [2.75, 3.05) is 0 Å². The predicted octanol–water partition coefficient (Wildman–Crippen LogP) is 2.08. The van der Waals surface area contributed by atoms with Gasteiger partial charge in [0.15, 0.2) is 5.76 Å². The third kappa shape index (κ3) is 3.02. The van der Waals surface area contributed by atoms with Crippen molar-refractivity contribution in [2.24, 2.45) is 5.92 Å². The molecule has 2 aromatic rings. The molecular formula is C15H17NO4S. The highest BCUT2D eigenvalue weighted by Crippen LogP contribution is 2.39. The van der Waals surface area contributed by atoms with E-state index in [1.165, 1.54) is 0 Å². The lowest BCUT2D eigenvalue weighted by Crippen LogP contribution is -2.41. The van der Waals surface area contributed by atoms with Crippen LogP contribution in [0, 0.1) is 5.92 Å². The summed E-state index contributed by atoms with van der Waals surface area (Å²) in [5, 5.41) is 23.4. The molecule has 0 aliphatic heterocycles. The maximum atomic E-state index is 12.3. The van der Waals surface area contributed by atoms with Gasteiger partial charge in [0.05, 0.1) is 12.1 Å². The van der Waals surface area contributed by atoms with E-state index in [9.17, 15) is 9.90 Å². The maximum Gasteiger partial charge on any atom is 0.287 e. The van der Waals surface area contributed by atoms with Crippen molar-refractivity contribution < 1.29 is 19.4 Å². The molecule has 0 bridgehead atoms. The first-order valence-corrected chi connectivity index (χ1v) is 7.77. The molecule has 5 nitrogen and oxygen atoms in total. The molecule has 2 aromatic heterocycles. The van der Waals surface area contributed by atoms with Crippen LogP contribution in [0.3, 0.4) is 0 Å². The van der Waals surface area contributed by atoms with Gasteiger partial charge in [0.1, 0.15) is 12.4 Å². The van der Waals surface area contributed by atoms with E-state index in [2.05, 4.69) is 5.32 Å². The van der Waals surface area contributed by atoms with Gasteiger partial charge in [-0.25, -0.2) is 0 Å². The zero-order chi connectivity index (χ0) is 14.8.